The van der Waals surface area contributed by atoms with Crippen molar-refractivity contribution in [3.8, 4) is 0 Å². The molecule has 0 aromatic carbocycles. The third kappa shape index (κ3) is 6.12. The second-order valence-corrected chi connectivity index (χ2v) is 16.4. The van der Waals surface area contributed by atoms with Crippen LogP contribution in [0.25, 0.3) is 28.0 Å². The molecule has 4 N–H and O–H groups in total. The van der Waals surface area contributed by atoms with E-state index in [0.717, 1.165) is 0 Å². The molecule has 0 radical (unpaired) electrons. The Labute approximate surface area is 263 Å². The molecule has 240 valence electrons. The van der Waals surface area contributed by atoms with E-state index >= 15 is 4.39 Å². The van der Waals surface area contributed by atoms with E-state index in [1.165, 1.54) is 17.2 Å². The van der Waals surface area contributed by atoms with Gasteiger partial charge < -0.3 is 38.4 Å². The Balaban J connectivity index is 1.01. The molecule has 6 heterocycles. The van der Waals surface area contributed by atoms with Gasteiger partial charge in [0.1, 0.15) is 24.3 Å². The van der Waals surface area contributed by atoms with Crippen LogP contribution in [0.5, 0.6) is 0 Å². The summed E-state index contributed by atoms with van der Waals surface area (Å²) in [5, 5.41) is 0. The van der Waals surface area contributed by atoms with Crippen molar-refractivity contribution in [2.45, 2.75) is 37.4 Å². The molecule has 0 bridgehead atoms. The Hall–Kier alpha value is -2.64. The van der Waals surface area contributed by atoms with Crippen LogP contribution in [-0.4, -0.2) is 85.3 Å². The van der Waals surface area contributed by atoms with Crippen molar-refractivity contribution in [2.75, 3.05) is 25.6 Å². The van der Waals surface area contributed by atoms with Crippen molar-refractivity contribution in [3.63, 3.8) is 0 Å². The number of nitrogen functional groups attached to an aromatic ring is 1. The third-order valence-electron chi connectivity index (χ3n) is 8.05. The molecule has 0 amide bonds. The van der Waals surface area contributed by atoms with E-state index in [0.29, 0.717) is 34.4 Å². The summed E-state index contributed by atoms with van der Waals surface area (Å²) in [4.78, 5) is 46.0. The maximum absolute atomic E-state index is 15.0. The Morgan fingerprint density at radius 1 is 0.978 bits per heavy atom. The second kappa shape index (κ2) is 11.9. The summed E-state index contributed by atoms with van der Waals surface area (Å²) in [6, 6.07) is -0.212. The number of alkyl halides is 1. The molecule has 0 spiro atoms. The first kappa shape index (κ1) is 31.0. The van der Waals surface area contributed by atoms with E-state index in [2.05, 4.69) is 42.2 Å². The number of nitrogens with zero attached hydrogens (tertiary/aromatic N) is 9. The van der Waals surface area contributed by atoms with Crippen LogP contribution >= 0.6 is 25.8 Å². The highest BCUT2D eigenvalue weighted by atomic mass is 32.7. The number of fused-ring (bicyclic) bond motifs is 4. The van der Waals surface area contributed by atoms with Gasteiger partial charge in [-0.05, 0) is 24.1 Å². The van der Waals surface area contributed by atoms with Gasteiger partial charge in [0, 0.05) is 30.8 Å². The number of halogens is 1. The number of rotatable bonds is 11. The molecule has 1 aliphatic heterocycles. The molecule has 5 aromatic rings. The molecule has 1 aliphatic carbocycles. The normalized spacial score (nSPS) is 28.0. The summed E-state index contributed by atoms with van der Waals surface area (Å²) >= 11 is 8.86. The van der Waals surface area contributed by atoms with Crippen molar-refractivity contribution >= 4 is 71.4 Å². The summed E-state index contributed by atoms with van der Waals surface area (Å²) in [6.07, 6.45) is 6.64. The molecule has 2 fully saturated rings. The first-order valence-corrected chi connectivity index (χ1v) is 19.0. The average Bonchev–Trinajstić information content (AvgIpc) is 3.76. The predicted molar refractivity (Wildman–Crippen MR) is 163 cm³/mol. The lowest BCUT2D eigenvalue weighted by atomic mass is 9.70. The molecule has 1 saturated heterocycles. The van der Waals surface area contributed by atoms with Gasteiger partial charge in [-0.15, -0.1) is 0 Å². The van der Waals surface area contributed by atoms with Crippen molar-refractivity contribution in [3.05, 3.63) is 37.7 Å². The highest BCUT2D eigenvalue weighted by Gasteiger charge is 2.45. The monoisotopic (exact) mass is 700 g/mol. The van der Waals surface area contributed by atoms with Gasteiger partial charge in [0.2, 0.25) is 0 Å². The Kier molecular flexibility index (Phi) is 8.17. The number of ether oxygens (including phenoxy) is 1. The van der Waals surface area contributed by atoms with Crippen LogP contribution in [0.3, 0.4) is 0 Å². The van der Waals surface area contributed by atoms with Gasteiger partial charge in [0.25, 0.3) is 0 Å². The molecule has 5 aromatic heterocycles. The number of anilines is 1. The lowest BCUT2D eigenvalue weighted by Gasteiger charge is -2.45. The van der Waals surface area contributed by atoms with Crippen molar-refractivity contribution in [1.82, 2.24) is 43.4 Å². The van der Waals surface area contributed by atoms with E-state index < -0.39 is 32.0 Å². The zero-order chi connectivity index (χ0) is 31.5. The van der Waals surface area contributed by atoms with Gasteiger partial charge in [0.05, 0.1) is 38.6 Å². The van der Waals surface area contributed by atoms with Crippen LogP contribution in [0, 0.1) is 11.8 Å². The molecular formula is C23H27FN10O7P2S2. The number of imidazole rings is 3. The molecule has 2 aliphatic rings. The predicted octanol–water partition coefficient (Wildman–Crippen LogP) is 2.60. The largest absolute Gasteiger partial charge is 0.383 e. The van der Waals surface area contributed by atoms with Crippen LogP contribution in [0.4, 0.5) is 10.2 Å². The number of hydrogen-bond donors (Lipinski definition) is 4. The van der Waals surface area contributed by atoms with Gasteiger partial charge in [-0.3, -0.25) is 8.97 Å². The minimum atomic E-state index is -4.02. The quantitative estimate of drug-likeness (QED) is 0.115. The smallest absolute Gasteiger partial charge is 0.382 e. The fraction of sp³-hybridized carbons (Fsp3) is 0.478. The highest BCUT2D eigenvalue weighted by Crippen LogP contribution is 2.53. The van der Waals surface area contributed by atoms with Gasteiger partial charge in [0.15, 0.2) is 34.5 Å². The average molecular weight is 701 g/mol. The fourth-order valence-electron chi connectivity index (χ4n) is 5.82. The standard InChI is InChI=1S/C23H27FN10O7P2S2/c24-15-4-13(41-23(15)34-11-29-17-19(25)27-8-28-21(17)34)6-39-43(37,45)40-7-14-12(5-38-42(35,36)44)3-16(14)33-10-30-18-20-26-1-2-32(20)9-31-22(18)33/h1-2,8-16,23H,3-7H2,(H,37,45)(H2,25,27,28)(H2,35,36,44)/t12-,13+,14-,15-,16-,23-,43?/m1/s1. The topological polar surface area (TPSA) is 212 Å². The van der Waals surface area contributed by atoms with Gasteiger partial charge >= 0.3 is 13.5 Å². The van der Waals surface area contributed by atoms with Crippen LogP contribution in [0.1, 0.15) is 25.1 Å². The molecule has 45 heavy (non-hydrogen) atoms. The van der Waals surface area contributed by atoms with Crippen molar-refractivity contribution in [1.29, 1.82) is 0 Å². The van der Waals surface area contributed by atoms with Crippen LogP contribution in [0.15, 0.2) is 37.7 Å². The first-order valence-electron chi connectivity index (χ1n) is 13.7. The first-order chi connectivity index (χ1) is 21.5. The maximum atomic E-state index is 15.0. The number of nitrogens with two attached hydrogens (primary N) is 1. The minimum absolute atomic E-state index is 0.0280. The van der Waals surface area contributed by atoms with Gasteiger partial charge in [-0.25, -0.2) is 38.9 Å². The highest BCUT2D eigenvalue weighted by molar-refractivity contribution is 8.44. The molecule has 17 nitrogen and oxygen atoms in total. The SMILES string of the molecule is Nc1ncnc2c1ncn2[C@@H]1O[C@H](COP(O)(=S)OC[C@@H]2[C@@H](COP(=O)(O)S)C[C@H]2n2cnc3c2ncn2ccnc32)C[C@H]1F. The number of hydrogen-bond acceptors (Lipinski definition) is 13. The Bertz CT molecular complexity index is 1970. The number of thiol groups is 1. The molecule has 7 rings (SSSR count). The van der Waals surface area contributed by atoms with E-state index in [9.17, 15) is 14.4 Å². The molecular weight excluding hydrogens is 673 g/mol. The van der Waals surface area contributed by atoms with E-state index in [1.807, 2.05) is 4.57 Å². The van der Waals surface area contributed by atoms with Crippen LogP contribution in [-0.2, 0) is 34.7 Å². The van der Waals surface area contributed by atoms with E-state index in [-0.39, 0.29) is 49.9 Å². The van der Waals surface area contributed by atoms with E-state index in [4.69, 9.17) is 35.8 Å². The summed E-state index contributed by atoms with van der Waals surface area (Å²) in [7, 11) is 0. The summed E-state index contributed by atoms with van der Waals surface area (Å²) in [5.41, 5.74) is 8.33. The molecule has 22 heteroatoms. The Morgan fingerprint density at radius 2 is 1.73 bits per heavy atom. The zero-order valence-electron chi connectivity index (χ0n) is 23.1. The Morgan fingerprint density at radius 3 is 2.56 bits per heavy atom. The summed E-state index contributed by atoms with van der Waals surface area (Å²) < 4.78 is 54.0. The lowest BCUT2D eigenvalue weighted by molar-refractivity contribution is -0.0362. The molecule has 8 atom stereocenters. The van der Waals surface area contributed by atoms with Crippen LogP contribution < -0.4 is 5.73 Å². The zero-order valence-corrected chi connectivity index (χ0v) is 26.6. The minimum Gasteiger partial charge on any atom is -0.382 e. The van der Waals surface area contributed by atoms with Gasteiger partial charge in [-0.2, -0.15) is 0 Å². The number of aromatic nitrogens is 9. The third-order valence-corrected chi connectivity index (χ3v) is 10.5. The fourth-order valence-corrected chi connectivity index (χ4v) is 7.56. The second-order valence-electron chi connectivity index (χ2n) is 10.8. The maximum Gasteiger partial charge on any atom is 0.383 e. The lowest BCUT2D eigenvalue weighted by Crippen LogP contribution is -2.43. The van der Waals surface area contributed by atoms with Crippen molar-refractivity contribution < 1.29 is 37.1 Å². The van der Waals surface area contributed by atoms with E-state index in [1.54, 1.807) is 29.4 Å². The van der Waals surface area contributed by atoms with Crippen LogP contribution in [0.2, 0.25) is 0 Å². The summed E-state index contributed by atoms with van der Waals surface area (Å²) in [6.45, 7) is -8.20. The summed E-state index contributed by atoms with van der Waals surface area (Å²) in [5.74, 6) is -0.403. The van der Waals surface area contributed by atoms with Gasteiger partial charge in [-0.1, -0.05) is 12.2 Å². The van der Waals surface area contributed by atoms with Crippen molar-refractivity contribution in [2.24, 2.45) is 11.8 Å². The molecule has 2 unspecified atom stereocenters. The molecule has 1 saturated carbocycles.